The first-order valence-corrected chi connectivity index (χ1v) is 8.13. The molecule has 0 fully saturated rings. The summed E-state index contributed by atoms with van der Waals surface area (Å²) >= 11 is 0. The van der Waals surface area contributed by atoms with E-state index in [9.17, 15) is 4.79 Å². The number of hydroxylamine groups is 1. The minimum atomic E-state index is -1.09. The minimum absolute atomic E-state index is 0.618. The van der Waals surface area contributed by atoms with Gasteiger partial charge in [-0.05, 0) is 16.7 Å². The number of hydrogen-bond acceptors (Lipinski definition) is 3. The summed E-state index contributed by atoms with van der Waals surface area (Å²) < 4.78 is 0. The number of amides is 1. The van der Waals surface area contributed by atoms with Crippen LogP contribution in [0.5, 0.6) is 0 Å². The van der Waals surface area contributed by atoms with Gasteiger partial charge in [0.2, 0.25) is 0 Å². The van der Waals surface area contributed by atoms with Gasteiger partial charge in [0.05, 0.1) is 0 Å². The van der Waals surface area contributed by atoms with Crippen LogP contribution in [0.15, 0.2) is 91.0 Å². The second-order valence-corrected chi connectivity index (χ2v) is 5.73. The molecule has 0 atom stereocenters. The topological polar surface area (TPSA) is 88.2 Å². The van der Waals surface area contributed by atoms with Gasteiger partial charge in [0.1, 0.15) is 0 Å². The minimum Gasteiger partial charge on any atom is -0.380 e. The van der Waals surface area contributed by atoms with Gasteiger partial charge >= 0.3 is 5.91 Å². The van der Waals surface area contributed by atoms with Crippen LogP contribution in [0, 0.1) is 5.41 Å². The predicted octanol–water partition coefficient (Wildman–Crippen LogP) is 2.96. The van der Waals surface area contributed by atoms with E-state index in [0.29, 0.717) is 0 Å². The molecule has 0 heterocycles. The molecule has 3 aromatic carbocycles. The molecule has 26 heavy (non-hydrogen) atoms. The number of nitrogens with one attached hydrogen (secondary N) is 2. The largest absolute Gasteiger partial charge is 0.380 e. The predicted molar refractivity (Wildman–Crippen MR) is 100 cm³/mol. The average Bonchev–Trinajstić information content (AvgIpc) is 2.70. The van der Waals surface area contributed by atoms with E-state index in [1.54, 1.807) is 0 Å². The highest BCUT2D eigenvalue weighted by Crippen LogP contribution is 2.39. The van der Waals surface area contributed by atoms with E-state index < -0.39 is 17.3 Å². The molecule has 0 saturated heterocycles. The highest BCUT2D eigenvalue weighted by molar-refractivity contribution is 6.35. The standard InChI is InChI=1S/C21H19N3O2/c22-19(23)20(25)24-26-21(16-10-4-1-5-11-16,17-12-6-2-7-13-17)18-14-8-3-9-15-18/h1-15H,(H3,22,23)(H,24,25). The maximum atomic E-state index is 11.9. The molecule has 5 heteroatoms. The Kier molecular flexibility index (Phi) is 5.10. The molecule has 4 N–H and O–H groups in total. The second-order valence-electron chi connectivity index (χ2n) is 5.73. The van der Waals surface area contributed by atoms with E-state index >= 15 is 0 Å². The van der Waals surface area contributed by atoms with Gasteiger partial charge in [0, 0.05) is 0 Å². The van der Waals surface area contributed by atoms with Crippen molar-refractivity contribution in [2.75, 3.05) is 0 Å². The van der Waals surface area contributed by atoms with Crippen LogP contribution in [-0.4, -0.2) is 11.7 Å². The van der Waals surface area contributed by atoms with Crippen molar-refractivity contribution in [2.24, 2.45) is 5.73 Å². The van der Waals surface area contributed by atoms with Crippen molar-refractivity contribution in [1.29, 1.82) is 5.41 Å². The summed E-state index contributed by atoms with van der Waals surface area (Å²) in [6.07, 6.45) is 0. The summed E-state index contributed by atoms with van der Waals surface area (Å²) in [4.78, 5) is 17.9. The number of amidine groups is 1. The van der Waals surface area contributed by atoms with E-state index in [1.807, 2.05) is 91.0 Å². The number of hydrogen-bond donors (Lipinski definition) is 3. The van der Waals surface area contributed by atoms with Gasteiger partial charge < -0.3 is 5.73 Å². The molecule has 130 valence electrons. The van der Waals surface area contributed by atoms with Crippen molar-refractivity contribution in [3.05, 3.63) is 108 Å². The van der Waals surface area contributed by atoms with Crippen LogP contribution in [0.2, 0.25) is 0 Å². The van der Waals surface area contributed by atoms with Gasteiger partial charge in [-0.2, -0.15) is 0 Å². The van der Waals surface area contributed by atoms with Crippen molar-refractivity contribution < 1.29 is 9.63 Å². The Morgan fingerprint density at radius 1 is 0.769 bits per heavy atom. The third kappa shape index (κ3) is 3.34. The second kappa shape index (κ2) is 7.63. The summed E-state index contributed by atoms with van der Waals surface area (Å²) in [6.45, 7) is 0. The van der Waals surface area contributed by atoms with Crippen LogP contribution in [0.25, 0.3) is 0 Å². The molecule has 0 unspecified atom stereocenters. The molecular formula is C21H19N3O2. The SMILES string of the molecule is N=C(N)C(=O)NOC(c1ccccc1)(c1ccccc1)c1ccccc1. The first kappa shape index (κ1) is 17.4. The van der Waals surface area contributed by atoms with Crippen LogP contribution in [0.4, 0.5) is 0 Å². The molecule has 5 nitrogen and oxygen atoms in total. The summed E-state index contributed by atoms with van der Waals surface area (Å²) in [5, 5.41) is 7.31. The summed E-state index contributed by atoms with van der Waals surface area (Å²) in [7, 11) is 0. The van der Waals surface area contributed by atoms with Crippen molar-refractivity contribution in [3.63, 3.8) is 0 Å². The van der Waals surface area contributed by atoms with Gasteiger partial charge in [-0.3, -0.25) is 15.0 Å². The zero-order valence-corrected chi connectivity index (χ0v) is 14.1. The van der Waals surface area contributed by atoms with Gasteiger partial charge in [0.25, 0.3) is 0 Å². The summed E-state index contributed by atoms with van der Waals surface area (Å²) in [5.41, 5.74) is 9.02. The normalized spacial score (nSPS) is 10.9. The monoisotopic (exact) mass is 345 g/mol. The molecule has 0 aromatic heterocycles. The first-order valence-electron chi connectivity index (χ1n) is 8.13. The first-order chi connectivity index (χ1) is 12.6. The molecule has 0 saturated carbocycles. The molecular weight excluding hydrogens is 326 g/mol. The van der Waals surface area contributed by atoms with E-state index in [1.165, 1.54) is 0 Å². The molecule has 0 bridgehead atoms. The molecule has 3 rings (SSSR count). The van der Waals surface area contributed by atoms with Crippen molar-refractivity contribution in [1.82, 2.24) is 5.48 Å². The average molecular weight is 345 g/mol. The van der Waals surface area contributed by atoms with Crippen LogP contribution in [0.3, 0.4) is 0 Å². The molecule has 0 aliphatic carbocycles. The van der Waals surface area contributed by atoms with Gasteiger partial charge in [0.15, 0.2) is 11.4 Å². The van der Waals surface area contributed by atoms with Crippen molar-refractivity contribution >= 4 is 11.7 Å². The van der Waals surface area contributed by atoms with E-state index in [4.69, 9.17) is 16.0 Å². The van der Waals surface area contributed by atoms with Crippen molar-refractivity contribution in [3.8, 4) is 0 Å². The molecule has 0 aliphatic heterocycles. The number of nitrogens with two attached hydrogens (primary N) is 1. The Hall–Kier alpha value is -3.44. The number of carbonyl (C=O) groups is 1. The molecule has 3 aromatic rings. The smallest absolute Gasteiger partial charge is 0.309 e. The molecule has 0 radical (unpaired) electrons. The molecule has 0 aliphatic rings. The maximum absolute atomic E-state index is 11.9. The lowest BCUT2D eigenvalue weighted by Gasteiger charge is -2.34. The van der Waals surface area contributed by atoms with Gasteiger partial charge in [-0.1, -0.05) is 91.0 Å². The highest BCUT2D eigenvalue weighted by atomic mass is 16.7. The van der Waals surface area contributed by atoms with Crippen LogP contribution >= 0.6 is 0 Å². The lowest BCUT2D eigenvalue weighted by molar-refractivity contribution is -0.136. The lowest BCUT2D eigenvalue weighted by Crippen LogP contribution is -2.44. The summed E-state index contributed by atoms with van der Waals surface area (Å²) in [5.74, 6) is -1.41. The van der Waals surface area contributed by atoms with Gasteiger partial charge in [-0.25, -0.2) is 5.48 Å². The summed E-state index contributed by atoms with van der Waals surface area (Å²) in [6, 6.07) is 28.8. The molecule has 1 amide bonds. The Morgan fingerprint density at radius 3 is 1.42 bits per heavy atom. The van der Waals surface area contributed by atoms with Gasteiger partial charge in [-0.15, -0.1) is 0 Å². The third-order valence-electron chi connectivity index (χ3n) is 4.08. The lowest BCUT2D eigenvalue weighted by atomic mass is 9.80. The fourth-order valence-corrected chi connectivity index (χ4v) is 2.87. The van der Waals surface area contributed by atoms with E-state index in [2.05, 4.69) is 5.48 Å². The number of rotatable bonds is 5. The van der Waals surface area contributed by atoms with Crippen LogP contribution in [-0.2, 0) is 15.2 Å². The Balaban J connectivity index is 2.21. The zero-order chi connectivity index (χ0) is 18.4. The van der Waals surface area contributed by atoms with E-state index in [0.717, 1.165) is 16.7 Å². The fraction of sp³-hybridized carbons (Fsp3) is 0.0476. The Labute approximate surface area is 151 Å². The highest BCUT2D eigenvalue weighted by Gasteiger charge is 2.39. The van der Waals surface area contributed by atoms with Crippen LogP contribution < -0.4 is 11.2 Å². The quantitative estimate of drug-likeness (QED) is 0.287. The number of benzene rings is 3. The Morgan fingerprint density at radius 2 is 1.12 bits per heavy atom. The Bertz CT molecular complexity index is 784. The number of carbonyl (C=O) groups excluding carboxylic acids is 1. The maximum Gasteiger partial charge on any atom is 0.309 e. The third-order valence-corrected chi connectivity index (χ3v) is 4.08. The zero-order valence-electron chi connectivity index (χ0n) is 14.1. The van der Waals surface area contributed by atoms with E-state index in [-0.39, 0.29) is 0 Å². The molecule has 0 spiro atoms. The van der Waals surface area contributed by atoms with Crippen LogP contribution in [0.1, 0.15) is 16.7 Å². The fourth-order valence-electron chi connectivity index (χ4n) is 2.87. The van der Waals surface area contributed by atoms with Crippen molar-refractivity contribution in [2.45, 2.75) is 5.60 Å².